The van der Waals surface area contributed by atoms with Crippen LogP contribution in [0.15, 0.2) is 6.07 Å². The molecule has 2 saturated heterocycles. The molecule has 0 unspecified atom stereocenters. The molecule has 3 rings (SSSR count). The maximum absolute atomic E-state index is 11.8. The van der Waals surface area contributed by atoms with Crippen LogP contribution in [0.4, 0.5) is 16.6 Å². The minimum atomic E-state index is -0.218. The normalized spacial score (nSPS) is 18.7. The second-order valence-electron chi connectivity index (χ2n) is 6.39. The molecule has 7 nitrogen and oxygen atoms in total. The first-order valence-corrected chi connectivity index (χ1v) is 8.94. The van der Waals surface area contributed by atoms with Crippen molar-refractivity contribution in [2.24, 2.45) is 0 Å². The molecule has 0 aliphatic carbocycles. The first kappa shape index (κ1) is 16.8. The third-order valence-electron chi connectivity index (χ3n) is 4.60. The third-order valence-corrected chi connectivity index (χ3v) is 4.60. The number of hydrogen-bond acceptors (Lipinski definition) is 6. The number of piperidine rings is 1. The molecule has 2 fully saturated rings. The number of aromatic nitrogens is 2. The molecule has 24 heavy (non-hydrogen) atoms. The summed E-state index contributed by atoms with van der Waals surface area (Å²) in [5.41, 5.74) is 0.994. The van der Waals surface area contributed by atoms with Gasteiger partial charge in [-0.1, -0.05) is 0 Å². The lowest BCUT2D eigenvalue weighted by Gasteiger charge is -2.35. The van der Waals surface area contributed by atoms with E-state index in [4.69, 9.17) is 9.72 Å². The number of piperazine rings is 1. The molecule has 0 aromatic carbocycles. The Morgan fingerprint density at radius 2 is 1.75 bits per heavy atom. The highest BCUT2D eigenvalue weighted by molar-refractivity contribution is 5.68. The van der Waals surface area contributed by atoms with Crippen molar-refractivity contribution in [2.75, 3.05) is 55.7 Å². The van der Waals surface area contributed by atoms with Crippen molar-refractivity contribution >= 4 is 17.9 Å². The Labute approximate surface area is 143 Å². The molecule has 0 radical (unpaired) electrons. The maximum Gasteiger partial charge on any atom is 0.409 e. The van der Waals surface area contributed by atoms with Crippen LogP contribution in [0, 0.1) is 6.92 Å². The number of amides is 1. The quantitative estimate of drug-likeness (QED) is 0.844. The predicted octanol–water partition coefficient (Wildman–Crippen LogP) is 2.05. The molecule has 1 amide bonds. The first-order valence-electron chi connectivity index (χ1n) is 8.94. The van der Waals surface area contributed by atoms with Crippen molar-refractivity contribution in [3.63, 3.8) is 0 Å². The van der Waals surface area contributed by atoms with Gasteiger partial charge >= 0.3 is 6.09 Å². The third kappa shape index (κ3) is 3.88. The Morgan fingerprint density at radius 3 is 2.42 bits per heavy atom. The van der Waals surface area contributed by atoms with E-state index in [1.165, 1.54) is 19.3 Å². The van der Waals surface area contributed by atoms with Crippen LogP contribution in [0.2, 0.25) is 0 Å². The molecule has 0 saturated carbocycles. The number of nitrogens with zero attached hydrogens (tertiary/aromatic N) is 5. The van der Waals surface area contributed by atoms with Crippen LogP contribution in [0.5, 0.6) is 0 Å². The molecule has 0 bridgehead atoms. The predicted molar refractivity (Wildman–Crippen MR) is 93.6 cm³/mol. The lowest BCUT2D eigenvalue weighted by molar-refractivity contribution is 0.105. The van der Waals surface area contributed by atoms with Crippen molar-refractivity contribution in [1.82, 2.24) is 14.9 Å². The van der Waals surface area contributed by atoms with E-state index in [9.17, 15) is 4.79 Å². The number of carbonyl (C=O) groups is 1. The molecule has 7 heteroatoms. The molecule has 0 spiro atoms. The SMILES string of the molecule is CCOC(=O)N1CCN(c2cc(C)nc(N3CCCCC3)n2)CC1. The number of rotatable bonds is 3. The minimum Gasteiger partial charge on any atom is -0.450 e. The summed E-state index contributed by atoms with van der Waals surface area (Å²) in [6.07, 6.45) is 3.51. The Bertz CT molecular complexity index is 566. The maximum atomic E-state index is 11.8. The summed E-state index contributed by atoms with van der Waals surface area (Å²) >= 11 is 0. The molecule has 0 N–H and O–H groups in total. The smallest absolute Gasteiger partial charge is 0.409 e. The van der Waals surface area contributed by atoms with E-state index in [0.29, 0.717) is 19.7 Å². The summed E-state index contributed by atoms with van der Waals surface area (Å²) in [5.74, 6) is 1.81. The average Bonchev–Trinajstić information content (AvgIpc) is 2.62. The zero-order valence-corrected chi connectivity index (χ0v) is 14.7. The monoisotopic (exact) mass is 333 g/mol. The highest BCUT2D eigenvalue weighted by Gasteiger charge is 2.24. The van der Waals surface area contributed by atoms with Crippen LogP contribution in [0.1, 0.15) is 31.9 Å². The van der Waals surface area contributed by atoms with Gasteiger partial charge in [0.25, 0.3) is 0 Å². The summed E-state index contributed by atoms with van der Waals surface area (Å²) in [4.78, 5) is 27.5. The largest absolute Gasteiger partial charge is 0.450 e. The van der Waals surface area contributed by atoms with Crippen LogP contribution in [0.25, 0.3) is 0 Å². The van der Waals surface area contributed by atoms with Gasteiger partial charge in [-0.3, -0.25) is 0 Å². The fraction of sp³-hybridized carbons (Fsp3) is 0.706. The molecule has 2 aliphatic rings. The molecule has 1 aromatic rings. The van der Waals surface area contributed by atoms with Crippen molar-refractivity contribution in [3.8, 4) is 0 Å². The first-order chi connectivity index (χ1) is 11.7. The minimum absolute atomic E-state index is 0.218. The van der Waals surface area contributed by atoms with E-state index in [1.807, 2.05) is 19.9 Å². The van der Waals surface area contributed by atoms with Gasteiger partial charge in [0.15, 0.2) is 0 Å². The van der Waals surface area contributed by atoms with Crippen LogP contribution < -0.4 is 9.80 Å². The Balaban J connectivity index is 1.67. The molecular weight excluding hydrogens is 306 g/mol. The summed E-state index contributed by atoms with van der Waals surface area (Å²) < 4.78 is 5.08. The lowest BCUT2D eigenvalue weighted by atomic mass is 10.1. The summed E-state index contributed by atoms with van der Waals surface area (Å²) in [7, 11) is 0. The van der Waals surface area contributed by atoms with Crippen molar-refractivity contribution in [3.05, 3.63) is 11.8 Å². The van der Waals surface area contributed by atoms with Crippen molar-refractivity contribution < 1.29 is 9.53 Å². The number of ether oxygens (including phenoxy) is 1. The summed E-state index contributed by atoms with van der Waals surface area (Å²) in [6, 6.07) is 2.04. The molecule has 3 heterocycles. The molecule has 1 aromatic heterocycles. The van der Waals surface area contributed by atoms with Gasteiger partial charge in [0.2, 0.25) is 5.95 Å². The Morgan fingerprint density at radius 1 is 1.04 bits per heavy atom. The highest BCUT2D eigenvalue weighted by Crippen LogP contribution is 2.21. The second-order valence-corrected chi connectivity index (χ2v) is 6.39. The fourth-order valence-electron chi connectivity index (χ4n) is 3.27. The number of aryl methyl sites for hydroxylation is 1. The number of carbonyl (C=O) groups excluding carboxylic acids is 1. The van der Waals surface area contributed by atoms with Gasteiger partial charge in [0.05, 0.1) is 6.61 Å². The highest BCUT2D eigenvalue weighted by atomic mass is 16.6. The lowest BCUT2D eigenvalue weighted by Crippen LogP contribution is -2.49. The van der Waals surface area contributed by atoms with Gasteiger partial charge in [-0.2, -0.15) is 4.98 Å². The zero-order valence-electron chi connectivity index (χ0n) is 14.7. The average molecular weight is 333 g/mol. The van der Waals surface area contributed by atoms with Crippen LogP contribution in [-0.4, -0.2) is 66.8 Å². The standard InChI is InChI=1S/C17H27N5O2/c1-3-24-17(23)22-11-9-20(10-12-22)15-13-14(2)18-16(19-15)21-7-5-4-6-8-21/h13H,3-12H2,1-2H3. The summed E-state index contributed by atoms with van der Waals surface area (Å²) in [5, 5.41) is 0. The van der Waals surface area contributed by atoms with E-state index in [2.05, 4.69) is 14.8 Å². The van der Waals surface area contributed by atoms with E-state index in [-0.39, 0.29) is 6.09 Å². The topological polar surface area (TPSA) is 61.8 Å². The van der Waals surface area contributed by atoms with Gasteiger partial charge in [0.1, 0.15) is 5.82 Å². The van der Waals surface area contributed by atoms with Crippen LogP contribution >= 0.6 is 0 Å². The van der Waals surface area contributed by atoms with E-state index >= 15 is 0 Å². The van der Waals surface area contributed by atoms with Gasteiger partial charge in [-0.25, -0.2) is 9.78 Å². The Hall–Kier alpha value is -2.05. The summed E-state index contributed by atoms with van der Waals surface area (Å²) in [6.45, 7) is 9.24. The van der Waals surface area contributed by atoms with Gasteiger partial charge in [-0.05, 0) is 33.1 Å². The number of anilines is 2. The second kappa shape index (κ2) is 7.68. The molecule has 0 atom stereocenters. The van der Waals surface area contributed by atoms with E-state index in [0.717, 1.165) is 43.6 Å². The fourth-order valence-corrected chi connectivity index (χ4v) is 3.27. The van der Waals surface area contributed by atoms with Gasteiger partial charge in [0, 0.05) is 51.0 Å². The van der Waals surface area contributed by atoms with Crippen LogP contribution in [0.3, 0.4) is 0 Å². The van der Waals surface area contributed by atoms with Crippen molar-refractivity contribution in [1.29, 1.82) is 0 Å². The number of hydrogen-bond donors (Lipinski definition) is 0. The van der Waals surface area contributed by atoms with E-state index in [1.54, 1.807) is 4.90 Å². The molecule has 2 aliphatic heterocycles. The van der Waals surface area contributed by atoms with Gasteiger partial charge in [-0.15, -0.1) is 0 Å². The molecular formula is C17H27N5O2. The van der Waals surface area contributed by atoms with Gasteiger partial charge < -0.3 is 19.4 Å². The Kier molecular flexibility index (Phi) is 5.37. The van der Waals surface area contributed by atoms with Crippen LogP contribution in [-0.2, 0) is 4.74 Å². The van der Waals surface area contributed by atoms with Crippen molar-refractivity contribution in [2.45, 2.75) is 33.1 Å². The van der Waals surface area contributed by atoms with E-state index < -0.39 is 0 Å². The molecule has 132 valence electrons. The zero-order chi connectivity index (χ0) is 16.9.